The molecular weight excluding hydrogens is 464 g/mol. The summed E-state index contributed by atoms with van der Waals surface area (Å²) in [4.78, 5) is 16.4. The first-order valence-electron chi connectivity index (χ1n) is 11.3. The number of hydrogen-bond donors (Lipinski definition) is 3. The summed E-state index contributed by atoms with van der Waals surface area (Å²) in [6, 6.07) is 21.5. The summed E-state index contributed by atoms with van der Waals surface area (Å²) in [5, 5.41) is 24.1. The molecule has 0 bridgehead atoms. The van der Waals surface area contributed by atoms with E-state index in [1.807, 2.05) is 60.7 Å². The van der Waals surface area contributed by atoms with Crippen molar-refractivity contribution in [1.29, 1.82) is 0 Å². The van der Waals surface area contributed by atoms with E-state index < -0.39 is 11.6 Å². The number of aromatic amines is 1. The lowest BCUT2D eigenvalue weighted by atomic mass is 9.72. The van der Waals surface area contributed by atoms with E-state index in [0.29, 0.717) is 10.8 Å². The van der Waals surface area contributed by atoms with Gasteiger partial charge >= 0.3 is 6.09 Å². The molecule has 9 heteroatoms. The lowest BCUT2D eigenvalue weighted by molar-refractivity contribution is 0.144. The Bertz CT molecular complexity index is 1520. The largest absolute Gasteiger partial charge is 0.465 e. The van der Waals surface area contributed by atoms with Crippen molar-refractivity contribution in [2.45, 2.75) is 24.8 Å². The second kappa shape index (κ2) is 8.25. The second-order valence-corrected chi connectivity index (χ2v) is 9.08. The Labute approximate surface area is 205 Å². The molecule has 2 aromatic carbocycles. The quantitative estimate of drug-likeness (QED) is 0.294. The number of hydrogen-bond acceptors (Lipinski definition) is 4. The third kappa shape index (κ3) is 3.63. The molecule has 0 unspecified atom stereocenters. The molecule has 1 aliphatic carbocycles. The van der Waals surface area contributed by atoms with Gasteiger partial charge in [-0.15, -0.1) is 0 Å². The fourth-order valence-corrected chi connectivity index (χ4v) is 5.00. The molecule has 35 heavy (non-hydrogen) atoms. The van der Waals surface area contributed by atoms with Crippen LogP contribution in [-0.2, 0) is 5.54 Å². The van der Waals surface area contributed by atoms with Crippen LogP contribution < -0.4 is 5.32 Å². The molecule has 3 N–H and O–H groups in total. The summed E-state index contributed by atoms with van der Waals surface area (Å²) >= 11 is 6.44. The van der Waals surface area contributed by atoms with Gasteiger partial charge in [0.2, 0.25) is 0 Å². The predicted molar refractivity (Wildman–Crippen MR) is 133 cm³/mol. The fraction of sp³-hybridized carbons (Fsp3) is 0.154. The number of rotatable bonds is 5. The van der Waals surface area contributed by atoms with Crippen molar-refractivity contribution in [3.05, 3.63) is 83.6 Å². The van der Waals surface area contributed by atoms with Gasteiger partial charge in [-0.1, -0.05) is 66.2 Å². The van der Waals surface area contributed by atoms with E-state index >= 15 is 0 Å². The number of benzene rings is 2. The van der Waals surface area contributed by atoms with Crippen LogP contribution in [0.5, 0.6) is 0 Å². The van der Waals surface area contributed by atoms with Crippen molar-refractivity contribution in [2.75, 3.05) is 0 Å². The highest BCUT2D eigenvalue weighted by Crippen LogP contribution is 2.42. The molecule has 1 aliphatic rings. The van der Waals surface area contributed by atoms with Crippen LogP contribution in [0.3, 0.4) is 0 Å². The Balaban J connectivity index is 1.54. The molecule has 0 aliphatic heterocycles. The van der Waals surface area contributed by atoms with Gasteiger partial charge in [-0.25, -0.2) is 14.3 Å². The number of carboxylic acid groups (broad SMARTS) is 1. The van der Waals surface area contributed by atoms with Crippen molar-refractivity contribution in [3.63, 3.8) is 0 Å². The van der Waals surface area contributed by atoms with E-state index in [1.54, 1.807) is 16.8 Å². The number of H-pyrrole nitrogens is 1. The standard InChI is InChI=1S/C26H21ClN6O2/c27-21-15-19(20-11-14-28-31-20)24-29-22(23(33(24)32-21)17-5-2-1-3-6-17)16-7-9-18(10-8-16)26(12-4-13-26)30-25(34)35/h1-3,5-11,14-15,30H,4,12-13H2,(H,28,31)(H,34,35). The number of carbonyl (C=O) groups is 1. The number of halogens is 1. The Hall–Kier alpha value is -4.17. The van der Waals surface area contributed by atoms with Crippen molar-refractivity contribution in [2.24, 2.45) is 0 Å². The number of fused-ring (bicyclic) bond motifs is 1. The summed E-state index contributed by atoms with van der Waals surface area (Å²) < 4.78 is 1.77. The van der Waals surface area contributed by atoms with Gasteiger partial charge in [-0.3, -0.25) is 5.10 Å². The molecule has 3 heterocycles. The van der Waals surface area contributed by atoms with Gasteiger partial charge in [-0.05, 0) is 37.0 Å². The van der Waals surface area contributed by atoms with Crippen LogP contribution in [0.25, 0.3) is 39.4 Å². The minimum absolute atomic E-state index is 0.332. The summed E-state index contributed by atoms with van der Waals surface area (Å²) in [5.74, 6) is 0. The maximum Gasteiger partial charge on any atom is 0.405 e. The molecule has 0 atom stereocenters. The molecule has 1 fully saturated rings. The lowest BCUT2D eigenvalue weighted by Crippen LogP contribution is -2.50. The van der Waals surface area contributed by atoms with Crippen LogP contribution in [0.4, 0.5) is 4.79 Å². The molecule has 0 radical (unpaired) electrons. The molecule has 6 rings (SSSR count). The summed E-state index contributed by atoms with van der Waals surface area (Å²) in [5.41, 5.74) is 5.98. The van der Waals surface area contributed by atoms with E-state index in [2.05, 4.69) is 20.6 Å². The van der Waals surface area contributed by atoms with Crippen molar-refractivity contribution in [3.8, 4) is 33.8 Å². The Morgan fingerprint density at radius 2 is 1.83 bits per heavy atom. The first-order chi connectivity index (χ1) is 17.0. The first kappa shape index (κ1) is 21.4. The van der Waals surface area contributed by atoms with Gasteiger partial charge in [0.15, 0.2) is 10.8 Å². The maximum absolute atomic E-state index is 11.4. The van der Waals surface area contributed by atoms with Gasteiger partial charge < -0.3 is 10.4 Å². The summed E-state index contributed by atoms with van der Waals surface area (Å²) in [7, 11) is 0. The molecule has 5 aromatic rings. The average molecular weight is 485 g/mol. The zero-order chi connectivity index (χ0) is 24.0. The van der Waals surface area contributed by atoms with Gasteiger partial charge in [0.05, 0.1) is 16.9 Å². The van der Waals surface area contributed by atoms with Gasteiger partial charge in [0.1, 0.15) is 5.69 Å². The van der Waals surface area contributed by atoms with Crippen LogP contribution in [0.2, 0.25) is 5.15 Å². The monoisotopic (exact) mass is 484 g/mol. The Kier molecular flexibility index (Phi) is 5.04. The van der Waals surface area contributed by atoms with Crippen molar-refractivity contribution < 1.29 is 9.90 Å². The number of nitrogens with one attached hydrogen (secondary N) is 2. The average Bonchev–Trinajstić information content (AvgIpc) is 3.50. The van der Waals surface area contributed by atoms with E-state index in [1.165, 1.54) is 0 Å². The van der Waals surface area contributed by atoms with Gasteiger partial charge in [0.25, 0.3) is 0 Å². The maximum atomic E-state index is 11.4. The molecule has 1 saturated carbocycles. The highest BCUT2D eigenvalue weighted by atomic mass is 35.5. The SMILES string of the molecule is O=C(O)NC1(c2ccc(-c3nc4c(-c5cc[nH]n5)cc(Cl)nn4c3-c3ccccc3)cc2)CCC1. The number of imidazole rings is 1. The van der Waals surface area contributed by atoms with Crippen LogP contribution in [0, 0.1) is 0 Å². The third-order valence-corrected chi connectivity index (χ3v) is 6.83. The number of aromatic nitrogens is 5. The van der Waals surface area contributed by atoms with Crippen LogP contribution in [-0.4, -0.2) is 36.0 Å². The minimum Gasteiger partial charge on any atom is -0.465 e. The fourth-order valence-electron chi connectivity index (χ4n) is 4.82. The highest BCUT2D eigenvalue weighted by Gasteiger charge is 2.40. The normalized spacial score (nSPS) is 14.5. The topological polar surface area (TPSA) is 108 Å². The van der Waals surface area contributed by atoms with Crippen LogP contribution in [0.1, 0.15) is 24.8 Å². The molecular formula is C26H21ClN6O2. The minimum atomic E-state index is -1.01. The van der Waals surface area contributed by atoms with E-state index in [4.69, 9.17) is 16.6 Å². The van der Waals surface area contributed by atoms with Crippen molar-refractivity contribution in [1.82, 2.24) is 30.1 Å². The van der Waals surface area contributed by atoms with E-state index in [-0.39, 0.29) is 0 Å². The van der Waals surface area contributed by atoms with Crippen molar-refractivity contribution >= 4 is 23.3 Å². The molecule has 174 valence electrons. The number of nitrogens with zero attached hydrogens (tertiary/aromatic N) is 4. The predicted octanol–water partition coefficient (Wildman–Crippen LogP) is 5.75. The molecule has 3 aromatic heterocycles. The molecule has 0 spiro atoms. The lowest BCUT2D eigenvalue weighted by Gasteiger charge is -2.42. The van der Waals surface area contributed by atoms with Crippen LogP contribution >= 0.6 is 11.6 Å². The number of amides is 1. The summed E-state index contributed by atoms with van der Waals surface area (Å²) in [6.45, 7) is 0. The smallest absolute Gasteiger partial charge is 0.405 e. The highest BCUT2D eigenvalue weighted by molar-refractivity contribution is 6.29. The van der Waals surface area contributed by atoms with E-state index in [0.717, 1.165) is 58.6 Å². The van der Waals surface area contributed by atoms with Gasteiger partial charge in [0, 0.05) is 22.9 Å². The summed E-state index contributed by atoms with van der Waals surface area (Å²) in [6.07, 6.45) is 3.32. The zero-order valence-corrected chi connectivity index (χ0v) is 19.3. The van der Waals surface area contributed by atoms with Crippen LogP contribution in [0.15, 0.2) is 72.9 Å². The Morgan fingerprint density at radius 1 is 1.06 bits per heavy atom. The molecule has 1 amide bonds. The van der Waals surface area contributed by atoms with E-state index in [9.17, 15) is 9.90 Å². The molecule has 8 nitrogen and oxygen atoms in total. The second-order valence-electron chi connectivity index (χ2n) is 8.69. The Morgan fingerprint density at radius 3 is 2.46 bits per heavy atom. The first-order valence-corrected chi connectivity index (χ1v) is 11.7. The molecule has 0 saturated heterocycles. The third-order valence-electron chi connectivity index (χ3n) is 6.64. The van der Waals surface area contributed by atoms with Gasteiger partial charge in [-0.2, -0.15) is 10.2 Å². The zero-order valence-electron chi connectivity index (χ0n) is 18.6.